The summed E-state index contributed by atoms with van der Waals surface area (Å²) in [6.45, 7) is 4.15. The molecule has 0 atom stereocenters. The number of carbonyl (C=O) groups is 1. The normalized spacial score (nSPS) is 15.0. The smallest absolute Gasteiger partial charge is 0.235 e. The standard InChI is InChI=1S/C18H23N3OS/c1-13-7-8-14(2)16(11-13)23-12-18(22)20-17-9-10-19-21(17)15-5-3-4-6-15/h7-11,15H,3-6,12H2,1-2H3,(H,20,22). The first kappa shape index (κ1) is 16.1. The first-order valence-corrected chi connectivity index (χ1v) is 9.15. The Kier molecular flexibility index (Phi) is 5.06. The molecule has 0 spiro atoms. The molecule has 1 heterocycles. The Labute approximate surface area is 141 Å². The van der Waals surface area contributed by atoms with E-state index in [0.29, 0.717) is 11.8 Å². The van der Waals surface area contributed by atoms with E-state index in [2.05, 4.69) is 42.5 Å². The third kappa shape index (κ3) is 3.96. The number of benzene rings is 1. The molecule has 0 aliphatic heterocycles. The lowest BCUT2D eigenvalue weighted by Gasteiger charge is -2.14. The zero-order chi connectivity index (χ0) is 16.2. The van der Waals surface area contributed by atoms with Gasteiger partial charge >= 0.3 is 0 Å². The molecule has 23 heavy (non-hydrogen) atoms. The van der Waals surface area contributed by atoms with Gasteiger partial charge in [-0.05, 0) is 38.3 Å². The maximum absolute atomic E-state index is 12.3. The largest absolute Gasteiger partial charge is 0.310 e. The van der Waals surface area contributed by atoms with E-state index in [1.807, 2.05) is 10.7 Å². The van der Waals surface area contributed by atoms with Crippen molar-refractivity contribution in [1.82, 2.24) is 9.78 Å². The Morgan fingerprint density at radius 2 is 2.09 bits per heavy atom. The number of carbonyl (C=O) groups excluding carboxylic acids is 1. The average molecular weight is 329 g/mol. The van der Waals surface area contributed by atoms with E-state index in [-0.39, 0.29) is 5.91 Å². The predicted molar refractivity (Wildman–Crippen MR) is 95.0 cm³/mol. The molecule has 0 radical (unpaired) electrons. The number of nitrogens with zero attached hydrogens (tertiary/aromatic N) is 2. The van der Waals surface area contributed by atoms with Crippen LogP contribution in [0.5, 0.6) is 0 Å². The van der Waals surface area contributed by atoms with Gasteiger partial charge in [-0.3, -0.25) is 4.79 Å². The Balaban J connectivity index is 1.59. The van der Waals surface area contributed by atoms with Crippen LogP contribution >= 0.6 is 11.8 Å². The monoisotopic (exact) mass is 329 g/mol. The van der Waals surface area contributed by atoms with Crippen molar-refractivity contribution in [3.8, 4) is 0 Å². The Morgan fingerprint density at radius 3 is 2.87 bits per heavy atom. The summed E-state index contributed by atoms with van der Waals surface area (Å²) in [4.78, 5) is 13.4. The van der Waals surface area contributed by atoms with Gasteiger partial charge < -0.3 is 5.32 Å². The van der Waals surface area contributed by atoms with Crippen molar-refractivity contribution in [1.29, 1.82) is 0 Å². The van der Waals surface area contributed by atoms with E-state index in [1.54, 1.807) is 18.0 Å². The van der Waals surface area contributed by atoms with Crippen LogP contribution in [-0.4, -0.2) is 21.4 Å². The van der Waals surface area contributed by atoms with Gasteiger partial charge in [-0.25, -0.2) is 4.68 Å². The zero-order valence-corrected chi connectivity index (χ0v) is 14.5. The summed E-state index contributed by atoms with van der Waals surface area (Å²) in [5.41, 5.74) is 2.43. The van der Waals surface area contributed by atoms with E-state index < -0.39 is 0 Å². The molecule has 5 heteroatoms. The summed E-state index contributed by atoms with van der Waals surface area (Å²) in [6.07, 6.45) is 6.58. The van der Waals surface area contributed by atoms with Gasteiger partial charge in [0.05, 0.1) is 18.0 Å². The molecule has 1 aliphatic rings. The number of nitrogens with one attached hydrogen (secondary N) is 1. The first-order valence-electron chi connectivity index (χ1n) is 8.17. The number of thioether (sulfide) groups is 1. The molecule has 2 aromatic rings. The summed E-state index contributed by atoms with van der Waals surface area (Å²) in [5.74, 6) is 1.26. The fraction of sp³-hybridized carbons (Fsp3) is 0.444. The minimum atomic E-state index is 0.0238. The SMILES string of the molecule is Cc1ccc(C)c(SCC(=O)Nc2ccnn2C2CCCC2)c1. The van der Waals surface area contributed by atoms with Crippen molar-refractivity contribution in [3.63, 3.8) is 0 Å². The van der Waals surface area contributed by atoms with Crippen molar-refractivity contribution in [2.75, 3.05) is 11.1 Å². The summed E-state index contributed by atoms with van der Waals surface area (Å²) in [7, 11) is 0. The van der Waals surface area contributed by atoms with Gasteiger partial charge in [0.25, 0.3) is 0 Å². The number of anilines is 1. The average Bonchev–Trinajstić information content (AvgIpc) is 3.19. The van der Waals surface area contributed by atoms with E-state index in [1.165, 1.54) is 28.9 Å². The molecule has 1 aliphatic carbocycles. The molecule has 1 saturated carbocycles. The highest BCUT2D eigenvalue weighted by Gasteiger charge is 2.20. The van der Waals surface area contributed by atoms with Gasteiger partial charge in [0, 0.05) is 11.0 Å². The van der Waals surface area contributed by atoms with Crippen LogP contribution in [0.2, 0.25) is 0 Å². The molecule has 0 bridgehead atoms. The summed E-state index contributed by atoms with van der Waals surface area (Å²) in [6, 6.07) is 8.66. The van der Waals surface area contributed by atoms with Crippen molar-refractivity contribution < 1.29 is 4.79 Å². The molecular weight excluding hydrogens is 306 g/mol. The lowest BCUT2D eigenvalue weighted by molar-refractivity contribution is -0.113. The van der Waals surface area contributed by atoms with Crippen LogP contribution in [0.15, 0.2) is 35.4 Å². The number of hydrogen-bond donors (Lipinski definition) is 1. The van der Waals surface area contributed by atoms with Crippen LogP contribution in [0.1, 0.15) is 42.9 Å². The van der Waals surface area contributed by atoms with E-state index in [9.17, 15) is 4.79 Å². The minimum Gasteiger partial charge on any atom is -0.310 e. The Bertz CT molecular complexity index is 689. The maximum atomic E-state index is 12.3. The van der Waals surface area contributed by atoms with Gasteiger partial charge in [-0.2, -0.15) is 5.10 Å². The van der Waals surface area contributed by atoms with Crippen LogP contribution in [0.3, 0.4) is 0 Å². The third-order valence-electron chi connectivity index (χ3n) is 4.31. The van der Waals surface area contributed by atoms with E-state index >= 15 is 0 Å². The molecule has 4 nitrogen and oxygen atoms in total. The highest BCUT2D eigenvalue weighted by atomic mass is 32.2. The van der Waals surface area contributed by atoms with Crippen LogP contribution in [0.4, 0.5) is 5.82 Å². The molecule has 0 unspecified atom stereocenters. The van der Waals surface area contributed by atoms with Crippen molar-refractivity contribution >= 4 is 23.5 Å². The van der Waals surface area contributed by atoms with Crippen LogP contribution in [0, 0.1) is 13.8 Å². The molecule has 122 valence electrons. The van der Waals surface area contributed by atoms with Gasteiger partial charge in [0.2, 0.25) is 5.91 Å². The predicted octanol–water partition coefficient (Wildman–Crippen LogP) is 4.35. The Morgan fingerprint density at radius 1 is 1.30 bits per heavy atom. The van der Waals surface area contributed by atoms with Gasteiger partial charge in [0.1, 0.15) is 5.82 Å². The topological polar surface area (TPSA) is 46.9 Å². The van der Waals surface area contributed by atoms with Crippen LogP contribution < -0.4 is 5.32 Å². The second kappa shape index (κ2) is 7.21. The second-order valence-corrected chi connectivity index (χ2v) is 7.22. The summed E-state index contributed by atoms with van der Waals surface area (Å²) < 4.78 is 1.98. The molecule has 1 amide bonds. The van der Waals surface area contributed by atoms with Crippen LogP contribution in [-0.2, 0) is 4.79 Å². The van der Waals surface area contributed by atoms with Gasteiger partial charge in [-0.1, -0.05) is 30.5 Å². The fourth-order valence-corrected chi connectivity index (χ4v) is 3.96. The molecular formula is C18H23N3OS. The molecule has 1 aromatic heterocycles. The summed E-state index contributed by atoms with van der Waals surface area (Å²) >= 11 is 1.59. The number of aryl methyl sites for hydroxylation is 2. The highest BCUT2D eigenvalue weighted by Crippen LogP contribution is 2.31. The third-order valence-corrected chi connectivity index (χ3v) is 5.47. The fourth-order valence-electron chi connectivity index (χ4n) is 3.04. The number of hydrogen-bond acceptors (Lipinski definition) is 3. The number of amides is 1. The highest BCUT2D eigenvalue weighted by molar-refractivity contribution is 8.00. The van der Waals surface area contributed by atoms with Crippen molar-refractivity contribution in [2.45, 2.75) is 50.5 Å². The van der Waals surface area contributed by atoms with Gasteiger partial charge in [0.15, 0.2) is 0 Å². The lowest BCUT2D eigenvalue weighted by atomic mass is 10.2. The van der Waals surface area contributed by atoms with Crippen molar-refractivity contribution in [3.05, 3.63) is 41.6 Å². The van der Waals surface area contributed by atoms with E-state index in [4.69, 9.17) is 0 Å². The van der Waals surface area contributed by atoms with E-state index in [0.717, 1.165) is 18.7 Å². The first-order chi connectivity index (χ1) is 11.1. The molecule has 0 saturated heterocycles. The second-order valence-electron chi connectivity index (χ2n) is 6.21. The Hall–Kier alpha value is -1.75. The lowest BCUT2D eigenvalue weighted by Crippen LogP contribution is -2.19. The van der Waals surface area contributed by atoms with Gasteiger partial charge in [-0.15, -0.1) is 11.8 Å². The minimum absolute atomic E-state index is 0.0238. The number of rotatable bonds is 5. The van der Waals surface area contributed by atoms with Crippen molar-refractivity contribution in [2.24, 2.45) is 0 Å². The molecule has 1 N–H and O–H groups in total. The van der Waals surface area contributed by atoms with Crippen LogP contribution in [0.25, 0.3) is 0 Å². The number of aromatic nitrogens is 2. The molecule has 1 aromatic carbocycles. The maximum Gasteiger partial charge on any atom is 0.235 e. The quantitative estimate of drug-likeness (QED) is 0.830. The summed E-state index contributed by atoms with van der Waals surface area (Å²) in [5, 5.41) is 7.40. The molecule has 1 fully saturated rings. The zero-order valence-electron chi connectivity index (χ0n) is 13.7. The molecule has 3 rings (SSSR count).